The van der Waals surface area contributed by atoms with Crippen molar-refractivity contribution in [3.8, 4) is 0 Å². The Kier molecular flexibility index (Phi) is 8.56. The average Bonchev–Trinajstić information content (AvgIpc) is 3.29. The SMILES string of the molecule is CCC(=Cc1sc2c([n+]1CC)[Te]C(C)C=C2)C=C1Sc2ccc(Cl)cc2N1CCCS(=O)(=O)O. The summed E-state index contributed by atoms with van der Waals surface area (Å²) in [5, 5.41) is 2.98. The maximum absolute atomic E-state index is 11.3. The molecule has 5 nitrogen and oxygen atoms in total. The van der Waals surface area contributed by atoms with Gasteiger partial charge in [-0.3, -0.25) is 4.55 Å². The number of benzene rings is 1. The van der Waals surface area contributed by atoms with Gasteiger partial charge in [0.05, 0.1) is 0 Å². The van der Waals surface area contributed by atoms with Crippen molar-refractivity contribution in [3.05, 3.63) is 55.9 Å². The van der Waals surface area contributed by atoms with Gasteiger partial charge in [0.15, 0.2) is 0 Å². The fraction of sp³-hybridized carbons (Fsp3) is 0.375. The van der Waals surface area contributed by atoms with E-state index < -0.39 is 10.1 Å². The molecule has 4 rings (SSSR count). The van der Waals surface area contributed by atoms with Gasteiger partial charge in [-0.1, -0.05) is 0 Å². The van der Waals surface area contributed by atoms with Crippen molar-refractivity contribution < 1.29 is 17.5 Å². The van der Waals surface area contributed by atoms with Gasteiger partial charge >= 0.3 is 214 Å². The van der Waals surface area contributed by atoms with E-state index in [2.05, 4.69) is 54.5 Å². The summed E-state index contributed by atoms with van der Waals surface area (Å²) in [6.07, 6.45) is 10.4. The number of thiazole rings is 1. The number of hydrogen-bond donors (Lipinski definition) is 1. The van der Waals surface area contributed by atoms with E-state index in [1.807, 2.05) is 29.5 Å². The number of allylic oxidation sites excluding steroid dienone is 3. The van der Waals surface area contributed by atoms with E-state index in [4.69, 9.17) is 11.6 Å². The molecule has 2 aliphatic heterocycles. The molecule has 1 atom stereocenters. The summed E-state index contributed by atoms with van der Waals surface area (Å²) in [6.45, 7) is 8.15. The maximum atomic E-state index is 11.3. The summed E-state index contributed by atoms with van der Waals surface area (Å²) in [7, 11) is -3.99. The minimum Gasteiger partial charge on any atom is -0.286 e. The minimum absolute atomic E-state index is 0.231. The average molecular weight is 652 g/mol. The summed E-state index contributed by atoms with van der Waals surface area (Å²) >= 11 is 9.58. The summed E-state index contributed by atoms with van der Waals surface area (Å²) in [6, 6.07) is 5.80. The number of hydrogen-bond acceptors (Lipinski definition) is 5. The number of nitrogens with zero attached hydrogens (tertiary/aromatic N) is 2. The van der Waals surface area contributed by atoms with Crippen LogP contribution in [0.2, 0.25) is 8.99 Å². The Morgan fingerprint density at radius 1 is 1.35 bits per heavy atom. The molecule has 0 saturated carbocycles. The van der Waals surface area contributed by atoms with E-state index in [-0.39, 0.29) is 26.7 Å². The van der Waals surface area contributed by atoms with Crippen molar-refractivity contribution in [2.45, 2.75) is 49.0 Å². The van der Waals surface area contributed by atoms with E-state index in [1.165, 1.54) is 15.5 Å². The van der Waals surface area contributed by atoms with E-state index >= 15 is 0 Å². The molecular weight excluding hydrogens is 624 g/mol. The molecule has 1 aromatic heterocycles. The van der Waals surface area contributed by atoms with E-state index in [1.54, 1.807) is 15.5 Å². The van der Waals surface area contributed by atoms with Gasteiger partial charge in [-0.15, -0.1) is 0 Å². The van der Waals surface area contributed by atoms with Gasteiger partial charge in [-0.05, 0) is 0 Å². The Labute approximate surface area is 225 Å². The molecule has 0 saturated heterocycles. The van der Waals surface area contributed by atoms with Crippen LogP contribution in [0.3, 0.4) is 0 Å². The van der Waals surface area contributed by atoms with Crippen molar-refractivity contribution in [1.29, 1.82) is 0 Å². The Balaban J connectivity index is 1.67. The van der Waals surface area contributed by atoms with Gasteiger partial charge in [0.25, 0.3) is 0 Å². The molecule has 0 radical (unpaired) electrons. The van der Waals surface area contributed by atoms with Crippen LogP contribution in [0.15, 0.2) is 45.8 Å². The molecule has 0 bridgehead atoms. The number of thioether (sulfide) groups is 1. The van der Waals surface area contributed by atoms with Gasteiger partial charge < -0.3 is 0 Å². The zero-order valence-electron chi connectivity index (χ0n) is 19.3. The third-order valence-corrected chi connectivity index (χ3v) is 12.6. The molecule has 1 N–H and O–H groups in total. The second-order valence-electron chi connectivity index (χ2n) is 8.10. The number of fused-ring (bicyclic) bond motifs is 2. The van der Waals surface area contributed by atoms with Crippen LogP contribution in [-0.2, 0) is 16.7 Å². The molecule has 1 aromatic carbocycles. The summed E-state index contributed by atoms with van der Waals surface area (Å²) in [5.41, 5.74) is 2.20. The topological polar surface area (TPSA) is 61.5 Å². The first-order chi connectivity index (χ1) is 16.2. The van der Waals surface area contributed by atoms with Crippen LogP contribution in [0, 0.1) is 0 Å². The molecule has 34 heavy (non-hydrogen) atoms. The predicted octanol–water partition coefficient (Wildman–Crippen LogP) is 5.40. The third kappa shape index (κ3) is 6.12. The quantitative estimate of drug-likeness (QED) is 0.236. The van der Waals surface area contributed by atoms with Gasteiger partial charge in [0.2, 0.25) is 0 Å². The molecule has 2 aromatic rings. The van der Waals surface area contributed by atoms with E-state index in [9.17, 15) is 13.0 Å². The molecule has 2 aliphatic rings. The second kappa shape index (κ2) is 11.1. The van der Waals surface area contributed by atoms with Gasteiger partial charge in [-0.2, -0.15) is 8.42 Å². The zero-order valence-corrected chi connectivity index (χ0v) is 24.9. The van der Waals surface area contributed by atoms with Crippen molar-refractivity contribution in [3.63, 3.8) is 0 Å². The number of halogens is 1. The molecule has 1 unspecified atom stereocenters. The first-order valence-electron chi connectivity index (χ1n) is 11.2. The normalized spacial score (nSPS) is 19.1. The molecule has 182 valence electrons. The number of anilines is 1. The van der Waals surface area contributed by atoms with E-state index in [0.29, 0.717) is 22.0 Å². The van der Waals surface area contributed by atoms with Gasteiger partial charge in [-0.25, -0.2) is 0 Å². The first-order valence-corrected chi connectivity index (χ1v) is 17.4. The third-order valence-electron chi connectivity index (χ3n) is 5.57. The Morgan fingerprint density at radius 3 is 2.85 bits per heavy atom. The van der Waals surface area contributed by atoms with Crippen LogP contribution >= 0.6 is 34.7 Å². The van der Waals surface area contributed by atoms with Crippen LogP contribution < -0.4 is 13.2 Å². The first kappa shape index (κ1) is 26.3. The van der Waals surface area contributed by atoms with Crippen molar-refractivity contribution in [1.82, 2.24) is 0 Å². The van der Waals surface area contributed by atoms with Crippen LogP contribution in [-0.4, -0.2) is 46.2 Å². The summed E-state index contributed by atoms with van der Waals surface area (Å²) in [5.74, 6) is -0.263. The van der Waals surface area contributed by atoms with Crippen molar-refractivity contribution in [2.24, 2.45) is 0 Å². The Bertz CT molecular complexity index is 1280. The molecule has 10 heteroatoms. The zero-order chi connectivity index (χ0) is 24.5. The molecular formula is C24H28ClN2O3S3Te+. The Hall–Kier alpha value is -0.790. The molecule has 0 aliphatic carbocycles. The molecule has 3 heterocycles. The Morgan fingerprint density at radius 2 is 2.15 bits per heavy atom. The van der Waals surface area contributed by atoms with E-state index in [0.717, 1.165) is 28.6 Å². The summed E-state index contributed by atoms with van der Waals surface area (Å²) < 4.78 is 36.4. The van der Waals surface area contributed by atoms with Crippen LogP contribution in [0.5, 0.6) is 0 Å². The van der Waals surface area contributed by atoms with Crippen LogP contribution in [0.25, 0.3) is 12.2 Å². The fourth-order valence-corrected chi connectivity index (χ4v) is 10.7. The van der Waals surface area contributed by atoms with Gasteiger partial charge in [0, 0.05) is 0 Å². The minimum atomic E-state index is -3.99. The molecule has 0 amide bonds. The number of aromatic nitrogens is 1. The van der Waals surface area contributed by atoms with Crippen molar-refractivity contribution in [2.75, 3.05) is 17.2 Å². The monoisotopic (exact) mass is 653 g/mol. The van der Waals surface area contributed by atoms with Gasteiger partial charge in [0.1, 0.15) is 0 Å². The fourth-order valence-electron chi connectivity index (χ4n) is 3.90. The number of rotatable bonds is 8. The summed E-state index contributed by atoms with van der Waals surface area (Å²) in [4.78, 5) is 4.61. The van der Waals surface area contributed by atoms with Crippen LogP contribution in [0.1, 0.15) is 43.5 Å². The second-order valence-corrected chi connectivity index (χ2v) is 16.1. The molecule has 0 spiro atoms. The van der Waals surface area contributed by atoms with Crippen molar-refractivity contribution >= 4 is 87.3 Å². The predicted molar refractivity (Wildman–Crippen MR) is 146 cm³/mol. The van der Waals surface area contributed by atoms with Crippen LogP contribution in [0.4, 0.5) is 5.69 Å². The molecule has 0 fully saturated rings. The smallest absolute Gasteiger partial charge is 0.286 e. The standard InChI is InChI=1S/C24H27ClN2O3S3Te/c1-4-17(13-22-26(5-2)24-21(32-22)9-7-16(3)34-24)14-23-27(11-6-12-33(28,29)30)19-15-18(25)8-10-20(19)31-23/h7-10,13-16H,4-6,11-12H2,1-3H3/p+1.